The molecule has 0 heterocycles. The van der Waals surface area contributed by atoms with E-state index in [-0.39, 0.29) is 12.4 Å². The van der Waals surface area contributed by atoms with Crippen molar-refractivity contribution >= 4 is 12.4 Å². The monoisotopic (exact) mass is 305 g/mol. The number of nitrogens with two attached hydrogens (primary N) is 1. The quantitative estimate of drug-likeness (QED) is 0.338. The Hall–Kier alpha value is 0.250. The van der Waals surface area contributed by atoms with E-state index < -0.39 is 0 Å². The SMILES string of the molecule is CCCCCCCCCCCCCCCC(N)CC.Cl. The molecule has 0 aromatic heterocycles. The van der Waals surface area contributed by atoms with Gasteiger partial charge in [-0.1, -0.05) is 97.3 Å². The van der Waals surface area contributed by atoms with E-state index in [1.54, 1.807) is 0 Å². The maximum atomic E-state index is 5.91. The van der Waals surface area contributed by atoms with Crippen LogP contribution in [0.15, 0.2) is 0 Å². The highest BCUT2D eigenvalue weighted by Crippen LogP contribution is 2.13. The first kappa shape index (κ1) is 22.5. The minimum Gasteiger partial charge on any atom is -0.328 e. The molecular weight excluding hydrogens is 266 g/mol. The smallest absolute Gasteiger partial charge is 0.00362 e. The van der Waals surface area contributed by atoms with Crippen LogP contribution in [0, 0.1) is 0 Å². The van der Waals surface area contributed by atoms with Crippen molar-refractivity contribution in [3.63, 3.8) is 0 Å². The standard InChI is InChI=1S/C18H39N.ClH/c1-3-5-6-7-8-9-10-11-12-13-14-15-16-17-18(19)4-2;/h18H,3-17,19H2,1-2H3;1H. The highest BCUT2D eigenvalue weighted by molar-refractivity contribution is 5.85. The summed E-state index contributed by atoms with van der Waals surface area (Å²) in [5.74, 6) is 0. The summed E-state index contributed by atoms with van der Waals surface area (Å²) in [5.41, 5.74) is 5.91. The Morgan fingerprint density at radius 2 is 0.950 bits per heavy atom. The molecule has 0 saturated heterocycles. The van der Waals surface area contributed by atoms with Gasteiger partial charge in [0.05, 0.1) is 0 Å². The lowest BCUT2D eigenvalue weighted by Gasteiger charge is -2.07. The Labute approximate surface area is 134 Å². The van der Waals surface area contributed by atoms with E-state index in [0.29, 0.717) is 6.04 Å². The Bertz CT molecular complexity index is 161. The molecule has 0 spiro atoms. The highest BCUT2D eigenvalue weighted by atomic mass is 35.5. The Morgan fingerprint density at radius 1 is 0.600 bits per heavy atom. The molecule has 0 amide bonds. The predicted molar refractivity (Wildman–Crippen MR) is 95.8 cm³/mol. The summed E-state index contributed by atoms with van der Waals surface area (Å²) in [4.78, 5) is 0. The lowest BCUT2D eigenvalue weighted by molar-refractivity contribution is 0.511. The van der Waals surface area contributed by atoms with Crippen molar-refractivity contribution in [1.82, 2.24) is 0 Å². The molecule has 1 unspecified atom stereocenters. The molecule has 0 rings (SSSR count). The first-order valence-electron chi connectivity index (χ1n) is 9.06. The van der Waals surface area contributed by atoms with Crippen LogP contribution in [0.25, 0.3) is 0 Å². The molecule has 124 valence electrons. The van der Waals surface area contributed by atoms with E-state index in [4.69, 9.17) is 5.73 Å². The fraction of sp³-hybridized carbons (Fsp3) is 1.00. The molecule has 0 aliphatic carbocycles. The van der Waals surface area contributed by atoms with Gasteiger partial charge in [0.1, 0.15) is 0 Å². The second-order valence-electron chi connectivity index (χ2n) is 6.20. The van der Waals surface area contributed by atoms with Gasteiger partial charge in [-0.3, -0.25) is 0 Å². The van der Waals surface area contributed by atoms with Crippen LogP contribution in [-0.4, -0.2) is 6.04 Å². The van der Waals surface area contributed by atoms with Gasteiger partial charge in [0.25, 0.3) is 0 Å². The molecule has 0 aromatic rings. The molecule has 0 aliphatic heterocycles. The van der Waals surface area contributed by atoms with E-state index in [2.05, 4.69) is 13.8 Å². The Balaban J connectivity index is 0. The number of rotatable bonds is 15. The average molecular weight is 306 g/mol. The first-order chi connectivity index (χ1) is 9.31. The lowest BCUT2D eigenvalue weighted by atomic mass is 10.0. The first-order valence-corrected chi connectivity index (χ1v) is 9.06. The fourth-order valence-electron chi connectivity index (χ4n) is 2.63. The van der Waals surface area contributed by atoms with E-state index in [9.17, 15) is 0 Å². The van der Waals surface area contributed by atoms with Gasteiger partial charge >= 0.3 is 0 Å². The van der Waals surface area contributed by atoms with Gasteiger partial charge in [-0.2, -0.15) is 0 Å². The van der Waals surface area contributed by atoms with Crippen LogP contribution in [0.4, 0.5) is 0 Å². The second kappa shape index (κ2) is 19.2. The zero-order valence-corrected chi connectivity index (χ0v) is 15.0. The van der Waals surface area contributed by atoms with Crippen LogP contribution in [0.3, 0.4) is 0 Å². The normalized spacial score (nSPS) is 12.2. The van der Waals surface area contributed by atoms with Gasteiger partial charge in [-0.25, -0.2) is 0 Å². The minimum atomic E-state index is 0. The second-order valence-corrected chi connectivity index (χ2v) is 6.20. The number of hydrogen-bond acceptors (Lipinski definition) is 1. The van der Waals surface area contributed by atoms with Crippen LogP contribution in [-0.2, 0) is 0 Å². The molecule has 1 nitrogen and oxygen atoms in total. The minimum absolute atomic E-state index is 0. The van der Waals surface area contributed by atoms with Gasteiger partial charge in [0.2, 0.25) is 0 Å². The number of halogens is 1. The van der Waals surface area contributed by atoms with E-state index in [1.165, 1.54) is 89.9 Å². The van der Waals surface area contributed by atoms with Gasteiger partial charge in [-0.15, -0.1) is 12.4 Å². The van der Waals surface area contributed by atoms with Crippen molar-refractivity contribution in [3.8, 4) is 0 Å². The summed E-state index contributed by atoms with van der Waals surface area (Å²) >= 11 is 0. The zero-order chi connectivity index (χ0) is 14.2. The van der Waals surface area contributed by atoms with E-state index >= 15 is 0 Å². The van der Waals surface area contributed by atoms with Crippen molar-refractivity contribution < 1.29 is 0 Å². The van der Waals surface area contributed by atoms with Crippen molar-refractivity contribution in [1.29, 1.82) is 0 Å². The average Bonchev–Trinajstić information content (AvgIpc) is 2.43. The maximum absolute atomic E-state index is 5.91. The molecule has 2 heteroatoms. The predicted octanol–water partition coefficient (Wildman–Crippen LogP) is 6.63. The third kappa shape index (κ3) is 18.2. The summed E-state index contributed by atoms with van der Waals surface area (Å²) in [6, 6.07) is 0.452. The molecule has 2 N–H and O–H groups in total. The van der Waals surface area contributed by atoms with E-state index in [1.807, 2.05) is 0 Å². The molecule has 0 radical (unpaired) electrons. The van der Waals surface area contributed by atoms with Crippen LogP contribution in [0.2, 0.25) is 0 Å². The topological polar surface area (TPSA) is 26.0 Å². The Kier molecular flexibility index (Phi) is 21.7. The maximum Gasteiger partial charge on any atom is 0.00362 e. The summed E-state index contributed by atoms with van der Waals surface area (Å²) in [6.45, 7) is 4.48. The molecule has 0 fully saturated rings. The molecule has 1 atom stereocenters. The zero-order valence-electron chi connectivity index (χ0n) is 14.2. The molecule has 20 heavy (non-hydrogen) atoms. The molecule has 0 aliphatic rings. The van der Waals surface area contributed by atoms with Crippen molar-refractivity contribution in [2.24, 2.45) is 5.73 Å². The largest absolute Gasteiger partial charge is 0.328 e. The molecule has 0 bridgehead atoms. The fourth-order valence-corrected chi connectivity index (χ4v) is 2.63. The summed E-state index contributed by atoms with van der Waals surface area (Å²) in [7, 11) is 0. The third-order valence-electron chi connectivity index (χ3n) is 4.20. The number of hydrogen-bond donors (Lipinski definition) is 1. The summed E-state index contributed by atoms with van der Waals surface area (Å²) < 4.78 is 0. The highest BCUT2D eigenvalue weighted by Gasteiger charge is 1.98. The number of unbranched alkanes of at least 4 members (excludes halogenated alkanes) is 12. The molecule has 0 aromatic carbocycles. The van der Waals surface area contributed by atoms with Crippen LogP contribution < -0.4 is 5.73 Å². The molecule has 0 saturated carbocycles. The molecular formula is C18H40ClN. The van der Waals surface area contributed by atoms with Crippen LogP contribution >= 0.6 is 12.4 Å². The van der Waals surface area contributed by atoms with Crippen molar-refractivity contribution in [2.45, 2.75) is 116 Å². The van der Waals surface area contributed by atoms with Crippen molar-refractivity contribution in [3.05, 3.63) is 0 Å². The van der Waals surface area contributed by atoms with Gasteiger partial charge < -0.3 is 5.73 Å². The summed E-state index contributed by atoms with van der Waals surface area (Å²) in [6.07, 6.45) is 21.0. The Morgan fingerprint density at radius 3 is 1.30 bits per heavy atom. The van der Waals surface area contributed by atoms with Crippen LogP contribution in [0.5, 0.6) is 0 Å². The van der Waals surface area contributed by atoms with Crippen LogP contribution in [0.1, 0.15) is 110 Å². The summed E-state index contributed by atoms with van der Waals surface area (Å²) in [5, 5.41) is 0. The van der Waals surface area contributed by atoms with E-state index in [0.717, 1.165) is 6.42 Å². The van der Waals surface area contributed by atoms with Gasteiger partial charge in [-0.05, 0) is 12.8 Å². The van der Waals surface area contributed by atoms with Gasteiger partial charge in [0, 0.05) is 6.04 Å². The third-order valence-corrected chi connectivity index (χ3v) is 4.20. The van der Waals surface area contributed by atoms with Gasteiger partial charge in [0.15, 0.2) is 0 Å². The van der Waals surface area contributed by atoms with Crippen molar-refractivity contribution in [2.75, 3.05) is 0 Å². The lowest BCUT2D eigenvalue weighted by Crippen LogP contribution is -2.17.